The molecule has 0 bridgehead atoms. The number of benzene rings is 2. The fourth-order valence-electron chi connectivity index (χ4n) is 1.92. The van der Waals surface area contributed by atoms with E-state index < -0.39 is 0 Å². The van der Waals surface area contributed by atoms with E-state index in [1.54, 1.807) is 43.3 Å². The number of ether oxygens (including phenoxy) is 1. The molecule has 0 aliphatic carbocycles. The number of rotatable bonds is 6. The van der Waals surface area contributed by atoms with E-state index in [9.17, 15) is 9.59 Å². The number of anilines is 1. The first-order chi connectivity index (χ1) is 11.5. The number of amides is 1. The second kappa shape index (κ2) is 8.76. The highest BCUT2D eigenvalue weighted by atomic mass is 35.5. The molecule has 0 saturated carbocycles. The molecule has 0 heterocycles. The van der Waals surface area contributed by atoms with Crippen LogP contribution in [0.1, 0.15) is 24.2 Å². The first-order valence-electron chi connectivity index (χ1n) is 7.50. The Balaban J connectivity index is 1.93. The van der Waals surface area contributed by atoms with Crippen molar-refractivity contribution in [3.63, 3.8) is 0 Å². The second-order valence-corrected chi connectivity index (χ2v) is 6.85. The molecule has 0 unspecified atom stereocenters. The van der Waals surface area contributed by atoms with Gasteiger partial charge in [0.1, 0.15) is 0 Å². The van der Waals surface area contributed by atoms with Crippen LogP contribution < -0.4 is 5.32 Å². The van der Waals surface area contributed by atoms with Crippen LogP contribution in [0.3, 0.4) is 0 Å². The Morgan fingerprint density at radius 3 is 2.33 bits per heavy atom. The van der Waals surface area contributed by atoms with Crippen LogP contribution in [0.5, 0.6) is 0 Å². The van der Waals surface area contributed by atoms with Gasteiger partial charge in [-0.1, -0.05) is 11.6 Å². The first kappa shape index (κ1) is 18.4. The topological polar surface area (TPSA) is 55.4 Å². The predicted octanol–water partition coefficient (Wildman–Crippen LogP) is 4.64. The van der Waals surface area contributed by atoms with Gasteiger partial charge in [-0.2, -0.15) is 0 Å². The second-order valence-electron chi connectivity index (χ2n) is 5.00. The molecule has 4 nitrogen and oxygen atoms in total. The zero-order valence-corrected chi connectivity index (χ0v) is 15.0. The summed E-state index contributed by atoms with van der Waals surface area (Å²) in [4.78, 5) is 24.8. The smallest absolute Gasteiger partial charge is 0.338 e. The van der Waals surface area contributed by atoms with Crippen molar-refractivity contribution in [2.24, 2.45) is 0 Å². The van der Waals surface area contributed by atoms with Gasteiger partial charge in [0.05, 0.1) is 17.4 Å². The Bertz CT molecular complexity index is 701. The minimum Gasteiger partial charge on any atom is -0.462 e. The van der Waals surface area contributed by atoms with E-state index >= 15 is 0 Å². The third kappa shape index (κ3) is 5.28. The number of hydrogen-bond acceptors (Lipinski definition) is 4. The van der Waals surface area contributed by atoms with Gasteiger partial charge in [0, 0.05) is 15.6 Å². The van der Waals surface area contributed by atoms with Crippen molar-refractivity contribution >= 4 is 40.9 Å². The summed E-state index contributed by atoms with van der Waals surface area (Å²) >= 11 is 7.30. The molecule has 0 aliphatic rings. The van der Waals surface area contributed by atoms with Crippen molar-refractivity contribution in [2.45, 2.75) is 24.0 Å². The number of esters is 1. The molecule has 126 valence electrons. The van der Waals surface area contributed by atoms with E-state index in [0.29, 0.717) is 22.9 Å². The molecule has 2 rings (SSSR count). The van der Waals surface area contributed by atoms with E-state index in [2.05, 4.69) is 5.32 Å². The average molecular weight is 364 g/mol. The number of carbonyl (C=O) groups is 2. The van der Waals surface area contributed by atoms with E-state index in [1.165, 1.54) is 11.8 Å². The largest absolute Gasteiger partial charge is 0.462 e. The van der Waals surface area contributed by atoms with Gasteiger partial charge in [0.2, 0.25) is 5.91 Å². The molecular formula is C18H18ClNO3S. The highest BCUT2D eigenvalue weighted by Gasteiger charge is 2.15. The standard InChI is InChI=1S/C18H18ClNO3S/c1-3-23-18(22)13-4-8-15(9-5-13)20-17(21)12(2)24-16-10-6-14(19)7-11-16/h4-12H,3H2,1-2H3,(H,20,21)/t12-/m0/s1. The van der Waals surface area contributed by atoms with Gasteiger partial charge in [-0.15, -0.1) is 11.8 Å². The van der Waals surface area contributed by atoms with Crippen LogP contribution in [0.2, 0.25) is 5.02 Å². The van der Waals surface area contributed by atoms with Gasteiger partial charge in [0.25, 0.3) is 0 Å². The summed E-state index contributed by atoms with van der Waals surface area (Å²) in [6.45, 7) is 3.92. The Kier molecular flexibility index (Phi) is 6.70. The van der Waals surface area contributed by atoms with Crippen molar-refractivity contribution in [3.05, 3.63) is 59.1 Å². The molecule has 0 spiro atoms. The Morgan fingerprint density at radius 2 is 1.75 bits per heavy atom. The number of thioether (sulfide) groups is 1. The fraction of sp³-hybridized carbons (Fsp3) is 0.222. The number of nitrogens with one attached hydrogen (secondary N) is 1. The molecule has 1 amide bonds. The van der Waals surface area contributed by atoms with Crippen LogP contribution in [0.15, 0.2) is 53.4 Å². The normalized spacial score (nSPS) is 11.6. The highest BCUT2D eigenvalue weighted by molar-refractivity contribution is 8.00. The van der Waals surface area contributed by atoms with Crippen molar-refractivity contribution in [3.8, 4) is 0 Å². The highest BCUT2D eigenvalue weighted by Crippen LogP contribution is 2.25. The number of hydrogen-bond donors (Lipinski definition) is 1. The molecule has 6 heteroatoms. The van der Waals surface area contributed by atoms with Crippen molar-refractivity contribution < 1.29 is 14.3 Å². The summed E-state index contributed by atoms with van der Waals surface area (Å²) in [5, 5.41) is 3.23. The maximum absolute atomic E-state index is 12.3. The van der Waals surface area contributed by atoms with Gasteiger partial charge < -0.3 is 10.1 Å². The van der Waals surface area contributed by atoms with Crippen LogP contribution in [0.25, 0.3) is 0 Å². The molecule has 2 aromatic rings. The molecule has 0 fully saturated rings. The van der Waals surface area contributed by atoms with Crippen LogP contribution in [-0.4, -0.2) is 23.7 Å². The summed E-state index contributed by atoms with van der Waals surface area (Å²) in [6, 6.07) is 14.0. The third-order valence-electron chi connectivity index (χ3n) is 3.16. The lowest BCUT2D eigenvalue weighted by Crippen LogP contribution is -2.22. The minimum absolute atomic E-state index is 0.112. The van der Waals surface area contributed by atoms with Crippen molar-refractivity contribution in [1.82, 2.24) is 0 Å². The maximum Gasteiger partial charge on any atom is 0.338 e. The third-order valence-corrected chi connectivity index (χ3v) is 4.52. The summed E-state index contributed by atoms with van der Waals surface area (Å²) in [5.74, 6) is -0.485. The zero-order chi connectivity index (χ0) is 17.5. The Morgan fingerprint density at radius 1 is 1.12 bits per heavy atom. The summed E-state index contributed by atoms with van der Waals surface area (Å²) in [6.07, 6.45) is 0. The number of carbonyl (C=O) groups excluding carboxylic acids is 2. The average Bonchev–Trinajstić information content (AvgIpc) is 2.57. The van der Waals surface area contributed by atoms with E-state index in [1.807, 2.05) is 19.1 Å². The van der Waals surface area contributed by atoms with Crippen LogP contribution in [-0.2, 0) is 9.53 Å². The van der Waals surface area contributed by atoms with Gasteiger partial charge in [0.15, 0.2) is 0 Å². The van der Waals surface area contributed by atoms with Crippen LogP contribution in [0.4, 0.5) is 5.69 Å². The zero-order valence-electron chi connectivity index (χ0n) is 13.4. The molecule has 1 N–H and O–H groups in total. The van der Waals surface area contributed by atoms with Crippen molar-refractivity contribution in [2.75, 3.05) is 11.9 Å². The molecule has 1 atom stereocenters. The maximum atomic E-state index is 12.3. The number of halogens is 1. The quantitative estimate of drug-likeness (QED) is 0.600. The molecule has 2 aromatic carbocycles. The van der Waals surface area contributed by atoms with Gasteiger partial charge in [-0.05, 0) is 62.4 Å². The summed E-state index contributed by atoms with van der Waals surface area (Å²) < 4.78 is 4.92. The SMILES string of the molecule is CCOC(=O)c1ccc(NC(=O)[C@H](C)Sc2ccc(Cl)cc2)cc1. The first-order valence-corrected chi connectivity index (χ1v) is 8.75. The molecule has 24 heavy (non-hydrogen) atoms. The van der Waals surface area contributed by atoms with Crippen molar-refractivity contribution in [1.29, 1.82) is 0 Å². The Hall–Kier alpha value is -1.98. The van der Waals surface area contributed by atoms with E-state index in [-0.39, 0.29) is 17.1 Å². The van der Waals surface area contributed by atoms with E-state index in [0.717, 1.165) is 4.90 Å². The summed E-state index contributed by atoms with van der Waals surface area (Å²) in [5.41, 5.74) is 1.09. The molecular weight excluding hydrogens is 346 g/mol. The molecule has 0 saturated heterocycles. The lowest BCUT2D eigenvalue weighted by atomic mass is 10.2. The van der Waals surface area contributed by atoms with Gasteiger partial charge >= 0.3 is 5.97 Å². The van der Waals surface area contributed by atoms with Gasteiger partial charge in [-0.3, -0.25) is 4.79 Å². The Labute approximate surface area is 150 Å². The lowest BCUT2D eigenvalue weighted by molar-refractivity contribution is -0.115. The van der Waals surface area contributed by atoms with E-state index in [4.69, 9.17) is 16.3 Å². The monoisotopic (exact) mass is 363 g/mol. The molecule has 0 aliphatic heterocycles. The summed E-state index contributed by atoms with van der Waals surface area (Å²) in [7, 11) is 0. The molecule has 0 radical (unpaired) electrons. The lowest BCUT2D eigenvalue weighted by Gasteiger charge is -2.12. The predicted molar refractivity (Wildman–Crippen MR) is 97.8 cm³/mol. The van der Waals surface area contributed by atoms with Crippen LogP contribution >= 0.6 is 23.4 Å². The molecule has 0 aromatic heterocycles. The van der Waals surface area contributed by atoms with Crippen LogP contribution in [0, 0.1) is 0 Å². The van der Waals surface area contributed by atoms with Gasteiger partial charge in [-0.25, -0.2) is 4.79 Å². The fourth-order valence-corrected chi connectivity index (χ4v) is 2.91. The minimum atomic E-state index is -0.373.